The molecular formula is C11H9ClO3S. The lowest BCUT2D eigenvalue weighted by molar-refractivity contribution is -0.133. The number of carbonyl (C=O) groups excluding carboxylic acids is 1. The Balaban J connectivity index is 2.52. The molecule has 0 atom stereocenters. The van der Waals surface area contributed by atoms with Gasteiger partial charge >= 0.3 is 5.97 Å². The van der Waals surface area contributed by atoms with Crippen LogP contribution >= 0.6 is 23.4 Å². The van der Waals surface area contributed by atoms with Gasteiger partial charge in [-0.1, -0.05) is 11.6 Å². The molecule has 16 heavy (non-hydrogen) atoms. The smallest absolute Gasteiger partial charge is 0.313 e. The number of aliphatic carboxylic acids is 1. The first-order chi connectivity index (χ1) is 7.59. The van der Waals surface area contributed by atoms with Gasteiger partial charge in [0.15, 0.2) is 5.78 Å². The van der Waals surface area contributed by atoms with Crippen molar-refractivity contribution < 1.29 is 14.7 Å². The maximum Gasteiger partial charge on any atom is 0.313 e. The van der Waals surface area contributed by atoms with E-state index in [0.717, 1.165) is 11.8 Å². The van der Waals surface area contributed by atoms with Gasteiger partial charge in [-0.15, -0.1) is 11.8 Å². The Labute approximate surface area is 102 Å². The van der Waals surface area contributed by atoms with Gasteiger partial charge < -0.3 is 5.11 Å². The van der Waals surface area contributed by atoms with Crippen molar-refractivity contribution in [1.29, 1.82) is 0 Å². The summed E-state index contributed by atoms with van der Waals surface area (Å²) in [6.07, 6.45) is 1.34. The highest BCUT2D eigenvalue weighted by Crippen LogP contribution is 2.11. The summed E-state index contributed by atoms with van der Waals surface area (Å²) < 4.78 is 0. The van der Waals surface area contributed by atoms with Crippen LogP contribution in [0.2, 0.25) is 5.02 Å². The fraction of sp³-hybridized carbons (Fsp3) is 0.0909. The van der Waals surface area contributed by atoms with Crippen LogP contribution < -0.4 is 0 Å². The van der Waals surface area contributed by atoms with Gasteiger partial charge in [0, 0.05) is 10.6 Å². The fourth-order valence-corrected chi connectivity index (χ4v) is 1.52. The van der Waals surface area contributed by atoms with Gasteiger partial charge in [0.1, 0.15) is 0 Å². The third kappa shape index (κ3) is 4.51. The van der Waals surface area contributed by atoms with E-state index in [1.54, 1.807) is 24.3 Å². The van der Waals surface area contributed by atoms with Crippen molar-refractivity contribution in [3.8, 4) is 0 Å². The van der Waals surface area contributed by atoms with E-state index in [0.29, 0.717) is 10.6 Å². The van der Waals surface area contributed by atoms with Gasteiger partial charge in [-0.25, -0.2) is 0 Å². The lowest BCUT2D eigenvalue weighted by Gasteiger charge is -1.95. The average Bonchev–Trinajstić information content (AvgIpc) is 2.25. The number of benzene rings is 1. The zero-order valence-electron chi connectivity index (χ0n) is 8.22. The van der Waals surface area contributed by atoms with Crippen molar-refractivity contribution in [2.75, 3.05) is 5.75 Å². The first-order valence-corrected chi connectivity index (χ1v) is 5.82. The molecule has 0 aliphatic carbocycles. The molecule has 1 aromatic rings. The Hall–Kier alpha value is -1.26. The Morgan fingerprint density at radius 2 is 1.94 bits per heavy atom. The first-order valence-electron chi connectivity index (χ1n) is 4.39. The monoisotopic (exact) mass is 256 g/mol. The van der Waals surface area contributed by atoms with Crippen molar-refractivity contribution in [2.24, 2.45) is 0 Å². The van der Waals surface area contributed by atoms with E-state index in [4.69, 9.17) is 16.7 Å². The number of rotatable bonds is 5. The molecule has 0 radical (unpaired) electrons. The predicted octanol–water partition coefficient (Wildman–Crippen LogP) is 2.85. The van der Waals surface area contributed by atoms with Crippen LogP contribution in [0.3, 0.4) is 0 Å². The number of carbonyl (C=O) groups is 2. The minimum absolute atomic E-state index is 0.0512. The number of hydrogen-bond donors (Lipinski definition) is 1. The van der Waals surface area contributed by atoms with Gasteiger partial charge in [0.05, 0.1) is 5.75 Å². The van der Waals surface area contributed by atoms with Crippen LogP contribution in [0.1, 0.15) is 10.4 Å². The number of allylic oxidation sites excluding steroid dienone is 1. The molecule has 0 aromatic heterocycles. The molecule has 0 saturated carbocycles. The summed E-state index contributed by atoms with van der Waals surface area (Å²) in [7, 11) is 0. The molecule has 0 aliphatic heterocycles. The van der Waals surface area contributed by atoms with Gasteiger partial charge in [-0.2, -0.15) is 0 Å². The van der Waals surface area contributed by atoms with E-state index in [-0.39, 0.29) is 11.5 Å². The maximum absolute atomic E-state index is 11.5. The molecule has 0 heterocycles. The first kappa shape index (κ1) is 12.8. The molecule has 84 valence electrons. The number of ketones is 1. The predicted molar refractivity (Wildman–Crippen MR) is 65.0 cm³/mol. The van der Waals surface area contributed by atoms with Gasteiger partial charge in [-0.05, 0) is 35.7 Å². The molecule has 0 saturated heterocycles. The molecule has 0 bridgehead atoms. The molecule has 1 aromatic carbocycles. The lowest BCUT2D eigenvalue weighted by atomic mass is 10.1. The Kier molecular flexibility index (Phi) is 5.08. The van der Waals surface area contributed by atoms with Crippen molar-refractivity contribution in [3.63, 3.8) is 0 Å². The zero-order valence-corrected chi connectivity index (χ0v) is 9.79. The largest absolute Gasteiger partial charge is 0.481 e. The van der Waals surface area contributed by atoms with Crippen molar-refractivity contribution in [3.05, 3.63) is 46.3 Å². The van der Waals surface area contributed by atoms with Gasteiger partial charge in [0.25, 0.3) is 0 Å². The number of halogens is 1. The molecule has 1 N–H and O–H groups in total. The number of carboxylic acid groups (broad SMARTS) is 1. The Bertz CT molecular complexity index is 412. The van der Waals surface area contributed by atoms with Crippen LogP contribution in [-0.4, -0.2) is 22.6 Å². The summed E-state index contributed by atoms with van der Waals surface area (Å²) in [6.45, 7) is 0. The van der Waals surface area contributed by atoms with Crippen LogP contribution in [0.15, 0.2) is 35.7 Å². The second-order valence-electron chi connectivity index (χ2n) is 2.88. The average molecular weight is 257 g/mol. The molecular weight excluding hydrogens is 248 g/mol. The van der Waals surface area contributed by atoms with E-state index < -0.39 is 5.97 Å². The van der Waals surface area contributed by atoms with Crippen molar-refractivity contribution in [2.45, 2.75) is 0 Å². The molecule has 0 spiro atoms. The van der Waals surface area contributed by atoms with Crippen molar-refractivity contribution >= 4 is 35.1 Å². The highest BCUT2D eigenvalue weighted by atomic mass is 35.5. The van der Waals surface area contributed by atoms with E-state index in [1.165, 1.54) is 11.5 Å². The third-order valence-corrected chi connectivity index (χ3v) is 2.65. The molecule has 0 fully saturated rings. The standard InChI is InChI=1S/C11H9ClO3S/c12-9-3-1-8(2-4-9)10(13)5-6-16-7-11(14)15/h1-6H,7H2,(H,14,15). The minimum atomic E-state index is -0.909. The highest BCUT2D eigenvalue weighted by Gasteiger charge is 2.01. The summed E-state index contributed by atoms with van der Waals surface area (Å²) in [6, 6.07) is 6.51. The number of carboxylic acids is 1. The maximum atomic E-state index is 11.5. The van der Waals surface area contributed by atoms with Crippen LogP contribution in [0.4, 0.5) is 0 Å². The van der Waals surface area contributed by atoms with Gasteiger partial charge in [-0.3, -0.25) is 9.59 Å². The fourth-order valence-electron chi connectivity index (χ4n) is 0.940. The molecule has 0 amide bonds. The Morgan fingerprint density at radius 1 is 1.31 bits per heavy atom. The quantitative estimate of drug-likeness (QED) is 0.650. The molecule has 0 aliphatic rings. The topological polar surface area (TPSA) is 54.4 Å². The second-order valence-corrected chi connectivity index (χ2v) is 4.21. The summed E-state index contributed by atoms with van der Waals surface area (Å²) >= 11 is 6.74. The van der Waals surface area contributed by atoms with Crippen LogP contribution in [0, 0.1) is 0 Å². The van der Waals surface area contributed by atoms with E-state index >= 15 is 0 Å². The molecule has 1 rings (SSSR count). The van der Waals surface area contributed by atoms with E-state index in [1.807, 2.05) is 0 Å². The SMILES string of the molecule is O=C(O)CSC=CC(=O)c1ccc(Cl)cc1. The summed E-state index contributed by atoms with van der Waals surface area (Å²) in [5.74, 6) is -1.13. The normalized spacial score (nSPS) is 10.6. The van der Waals surface area contributed by atoms with E-state index in [2.05, 4.69) is 0 Å². The molecule has 5 heteroatoms. The second kappa shape index (κ2) is 6.35. The summed E-state index contributed by atoms with van der Waals surface area (Å²) in [5, 5.41) is 10.4. The lowest BCUT2D eigenvalue weighted by Crippen LogP contribution is -1.96. The van der Waals surface area contributed by atoms with Crippen molar-refractivity contribution in [1.82, 2.24) is 0 Å². The number of thioether (sulfide) groups is 1. The zero-order chi connectivity index (χ0) is 12.0. The van der Waals surface area contributed by atoms with Crippen LogP contribution in [0.25, 0.3) is 0 Å². The number of hydrogen-bond acceptors (Lipinski definition) is 3. The summed E-state index contributed by atoms with van der Waals surface area (Å²) in [4.78, 5) is 21.7. The molecule has 0 unspecified atom stereocenters. The molecule has 3 nitrogen and oxygen atoms in total. The van der Waals surface area contributed by atoms with Crippen LogP contribution in [-0.2, 0) is 4.79 Å². The van der Waals surface area contributed by atoms with Gasteiger partial charge in [0.2, 0.25) is 0 Å². The minimum Gasteiger partial charge on any atom is -0.481 e. The Morgan fingerprint density at radius 3 is 2.50 bits per heavy atom. The summed E-state index contributed by atoms with van der Waals surface area (Å²) in [5.41, 5.74) is 0.525. The third-order valence-electron chi connectivity index (χ3n) is 1.65. The van der Waals surface area contributed by atoms with Crippen LogP contribution in [0.5, 0.6) is 0 Å². The highest BCUT2D eigenvalue weighted by molar-refractivity contribution is 8.02. The van der Waals surface area contributed by atoms with E-state index in [9.17, 15) is 9.59 Å².